The highest BCUT2D eigenvalue weighted by atomic mass is 32.1. The van der Waals surface area contributed by atoms with Crippen molar-refractivity contribution in [3.8, 4) is 10.6 Å². The second kappa shape index (κ2) is 5.95. The van der Waals surface area contributed by atoms with Gasteiger partial charge in [0.05, 0.1) is 5.56 Å². The van der Waals surface area contributed by atoms with Crippen LogP contribution in [0.5, 0.6) is 0 Å². The number of rotatable bonds is 3. The molecule has 1 saturated heterocycles. The number of aromatic nitrogens is 1. The lowest BCUT2D eigenvalue weighted by molar-refractivity contribution is 0.235. The molecular weight excluding hydrogens is 280 g/mol. The van der Waals surface area contributed by atoms with Crippen molar-refractivity contribution in [3.05, 3.63) is 40.9 Å². The Balaban J connectivity index is 1.79. The summed E-state index contributed by atoms with van der Waals surface area (Å²) in [5.74, 6) is -1.12. The van der Waals surface area contributed by atoms with Crippen LogP contribution in [0, 0.1) is 11.6 Å². The van der Waals surface area contributed by atoms with Gasteiger partial charge in [0.2, 0.25) is 0 Å². The maximum absolute atomic E-state index is 13.7. The fourth-order valence-corrected chi connectivity index (χ4v) is 3.29. The number of hydrogen-bond donors (Lipinski definition) is 1. The molecule has 0 amide bonds. The van der Waals surface area contributed by atoms with Crippen molar-refractivity contribution in [1.29, 1.82) is 0 Å². The second-order valence-corrected chi connectivity index (χ2v) is 5.87. The van der Waals surface area contributed by atoms with Gasteiger partial charge in [0.15, 0.2) is 0 Å². The van der Waals surface area contributed by atoms with E-state index in [4.69, 9.17) is 0 Å². The normalized spacial score (nSPS) is 16.5. The van der Waals surface area contributed by atoms with Gasteiger partial charge in [0.1, 0.15) is 16.6 Å². The summed E-state index contributed by atoms with van der Waals surface area (Å²) in [7, 11) is 0. The molecule has 0 spiro atoms. The quantitative estimate of drug-likeness (QED) is 0.943. The minimum atomic E-state index is -0.562. The third-order valence-corrected chi connectivity index (χ3v) is 4.32. The molecule has 1 fully saturated rings. The number of halogens is 2. The van der Waals surface area contributed by atoms with Crippen molar-refractivity contribution in [2.75, 3.05) is 26.2 Å². The number of piperazine rings is 1. The fraction of sp³-hybridized carbons (Fsp3) is 0.357. The third kappa shape index (κ3) is 2.87. The zero-order chi connectivity index (χ0) is 13.9. The summed E-state index contributed by atoms with van der Waals surface area (Å²) < 4.78 is 27.4. The average Bonchev–Trinajstić information content (AvgIpc) is 2.88. The van der Waals surface area contributed by atoms with Gasteiger partial charge in [-0.1, -0.05) is 6.07 Å². The van der Waals surface area contributed by atoms with Crippen molar-refractivity contribution < 1.29 is 8.78 Å². The van der Waals surface area contributed by atoms with E-state index in [1.165, 1.54) is 29.5 Å². The smallest absolute Gasteiger partial charge is 0.136 e. The van der Waals surface area contributed by atoms with Crippen molar-refractivity contribution >= 4 is 11.3 Å². The van der Waals surface area contributed by atoms with Gasteiger partial charge in [-0.2, -0.15) is 0 Å². The van der Waals surface area contributed by atoms with E-state index in [-0.39, 0.29) is 5.56 Å². The van der Waals surface area contributed by atoms with Gasteiger partial charge in [0, 0.05) is 43.8 Å². The first-order valence-corrected chi connectivity index (χ1v) is 7.38. The highest BCUT2D eigenvalue weighted by Crippen LogP contribution is 2.30. The zero-order valence-corrected chi connectivity index (χ0v) is 11.7. The molecule has 1 aromatic heterocycles. The number of thiazole rings is 1. The Hall–Kier alpha value is -1.37. The molecular formula is C14H15F2N3S. The maximum Gasteiger partial charge on any atom is 0.136 e. The van der Waals surface area contributed by atoms with Gasteiger partial charge in [-0.05, 0) is 12.1 Å². The van der Waals surface area contributed by atoms with Crippen LogP contribution in [0.15, 0.2) is 24.4 Å². The molecule has 0 radical (unpaired) electrons. The number of benzene rings is 1. The Labute approximate surface area is 120 Å². The molecule has 1 aliphatic heterocycles. The topological polar surface area (TPSA) is 28.2 Å². The van der Waals surface area contributed by atoms with Crippen molar-refractivity contribution in [1.82, 2.24) is 15.2 Å². The molecule has 2 aromatic rings. The molecule has 3 rings (SSSR count). The van der Waals surface area contributed by atoms with E-state index >= 15 is 0 Å². The molecule has 2 heterocycles. The first-order chi connectivity index (χ1) is 9.74. The second-order valence-electron chi connectivity index (χ2n) is 4.75. The maximum atomic E-state index is 13.7. The predicted octanol–water partition coefficient (Wildman–Crippen LogP) is 2.49. The summed E-state index contributed by atoms with van der Waals surface area (Å²) in [4.78, 5) is 7.51. The van der Waals surface area contributed by atoms with Crippen molar-refractivity contribution in [2.45, 2.75) is 6.54 Å². The SMILES string of the molecule is Fc1cccc(F)c1-c1ncc(CN2CCNCC2)s1. The van der Waals surface area contributed by atoms with Gasteiger partial charge in [-0.3, -0.25) is 4.90 Å². The van der Waals surface area contributed by atoms with Gasteiger partial charge >= 0.3 is 0 Å². The highest BCUT2D eigenvalue weighted by molar-refractivity contribution is 7.15. The molecule has 0 aliphatic carbocycles. The Morgan fingerprint density at radius 2 is 1.90 bits per heavy atom. The summed E-state index contributed by atoms with van der Waals surface area (Å²) in [6, 6.07) is 3.88. The van der Waals surface area contributed by atoms with Gasteiger partial charge in [-0.15, -0.1) is 11.3 Å². The number of nitrogens with one attached hydrogen (secondary N) is 1. The lowest BCUT2D eigenvalue weighted by Crippen LogP contribution is -2.42. The number of nitrogens with zero attached hydrogens (tertiary/aromatic N) is 2. The number of hydrogen-bond acceptors (Lipinski definition) is 4. The molecule has 1 aromatic carbocycles. The Morgan fingerprint density at radius 1 is 1.20 bits per heavy atom. The molecule has 106 valence electrons. The van der Waals surface area contributed by atoms with E-state index in [9.17, 15) is 8.78 Å². The van der Waals surface area contributed by atoms with E-state index in [1.54, 1.807) is 6.20 Å². The highest BCUT2D eigenvalue weighted by Gasteiger charge is 2.16. The lowest BCUT2D eigenvalue weighted by atomic mass is 10.2. The van der Waals surface area contributed by atoms with Crippen LogP contribution in [0.25, 0.3) is 10.6 Å². The Morgan fingerprint density at radius 3 is 2.60 bits per heavy atom. The average molecular weight is 295 g/mol. The van der Waals surface area contributed by atoms with Crippen LogP contribution in [0.4, 0.5) is 8.78 Å². The predicted molar refractivity (Wildman–Crippen MR) is 75.6 cm³/mol. The molecule has 6 heteroatoms. The summed E-state index contributed by atoms with van der Waals surface area (Å²) in [5, 5.41) is 3.70. The fourth-order valence-electron chi connectivity index (χ4n) is 2.29. The zero-order valence-electron chi connectivity index (χ0n) is 10.9. The standard InChI is InChI=1S/C14H15F2N3S/c15-11-2-1-3-12(16)13(11)14-18-8-10(20-14)9-19-6-4-17-5-7-19/h1-3,8,17H,4-7,9H2. The van der Waals surface area contributed by atoms with Gasteiger partial charge in [0.25, 0.3) is 0 Å². The van der Waals surface area contributed by atoms with Crippen LogP contribution in [0.2, 0.25) is 0 Å². The molecule has 0 saturated carbocycles. The van der Waals surface area contributed by atoms with Crippen LogP contribution in [-0.2, 0) is 6.54 Å². The van der Waals surface area contributed by atoms with Crippen molar-refractivity contribution in [3.63, 3.8) is 0 Å². The molecule has 20 heavy (non-hydrogen) atoms. The Kier molecular flexibility index (Phi) is 4.05. The lowest BCUT2D eigenvalue weighted by Gasteiger charge is -2.26. The van der Waals surface area contributed by atoms with Crippen LogP contribution >= 0.6 is 11.3 Å². The summed E-state index contributed by atoms with van der Waals surface area (Å²) >= 11 is 1.35. The van der Waals surface area contributed by atoms with Crippen LogP contribution in [0.1, 0.15) is 4.88 Å². The monoisotopic (exact) mass is 295 g/mol. The molecule has 0 unspecified atom stereocenters. The molecule has 1 N–H and O–H groups in total. The first-order valence-electron chi connectivity index (χ1n) is 6.56. The van der Waals surface area contributed by atoms with Gasteiger partial charge < -0.3 is 5.32 Å². The van der Waals surface area contributed by atoms with Crippen LogP contribution < -0.4 is 5.32 Å². The van der Waals surface area contributed by atoms with E-state index in [1.807, 2.05) is 0 Å². The minimum absolute atomic E-state index is 0.0240. The van der Waals surface area contributed by atoms with Gasteiger partial charge in [-0.25, -0.2) is 13.8 Å². The molecule has 3 nitrogen and oxygen atoms in total. The van der Waals surface area contributed by atoms with Crippen molar-refractivity contribution in [2.24, 2.45) is 0 Å². The summed E-state index contributed by atoms with van der Waals surface area (Å²) in [6.45, 7) is 4.72. The molecule has 0 atom stereocenters. The van der Waals surface area contributed by atoms with E-state index in [2.05, 4.69) is 15.2 Å². The third-order valence-electron chi connectivity index (χ3n) is 3.32. The van der Waals surface area contributed by atoms with E-state index in [0.29, 0.717) is 5.01 Å². The largest absolute Gasteiger partial charge is 0.314 e. The summed E-state index contributed by atoms with van der Waals surface area (Å²) in [5.41, 5.74) is -0.0240. The molecule has 0 bridgehead atoms. The van der Waals surface area contributed by atoms with E-state index < -0.39 is 11.6 Å². The minimum Gasteiger partial charge on any atom is -0.314 e. The van der Waals surface area contributed by atoms with Crippen LogP contribution in [-0.4, -0.2) is 36.1 Å². The summed E-state index contributed by atoms with van der Waals surface area (Å²) in [6.07, 6.45) is 1.72. The molecule has 1 aliphatic rings. The Bertz CT molecular complexity index is 574. The van der Waals surface area contributed by atoms with Crippen LogP contribution in [0.3, 0.4) is 0 Å². The van der Waals surface area contributed by atoms with E-state index in [0.717, 1.165) is 37.6 Å². The first kappa shape index (κ1) is 13.6.